The van der Waals surface area contributed by atoms with Crippen LogP contribution >= 0.6 is 0 Å². The highest BCUT2D eigenvalue weighted by molar-refractivity contribution is 5.96. The third-order valence-corrected chi connectivity index (χ3v) is 3.18. The minimum Gasteiger partial charge on any atom is -0.330 e. The predicted molar refractivity (Wildman–Crippen MR) is 83.0 cm³/mol. The number of rotatable bonds is 4. The predicted octanol–water partition coefficient (Wildman–Crippen LogP) is 1.06. The second-order valence-corrected chi connectivity index (χ2v) is 5.29. The first kappa shape index (κ1) is 13.7. The van der Waals surface area contributed by atoms with Gasteiger partial charge in [0.05, 0.1) is 0 Å². The average Bonchev–Trinajstić information content (AvgIpc) is 2.43. The Morgan fingerprint density at radius 3 is 2.95 bits per heavy atom. The molecule has 7 heteroatoms. The normalized spacial score (nSPS) is 14.5. The molecule has 1 aliphatic rings. The fourth-order valence-corrected chi connectivity index (χ4v) is 2.23. The quantitative estimate of drug-likeness (QED) is 0.853. The van der Waals surface area contributed by atoms with Gasteiger partial charge in [-0.3, -0.25) is 0 Å². The maximum atomic E-state index is 4.48. The van der Waals surface area contributed by atoms with Crippen LogP contribution in [0.5, 0.6) is 0 Å². The molecular weight excluding hydrogens is 266 g/mol. The number of hydrogen-bond acceptors (Lipinski definition) is 6. The molecule has 0 aromatic carbocycles. The number of nitrogens with one attached hydrogen (secondary N) is 1. The fourth-order valence-electron chi connectivity index (χ4n) is 2.23. The average molecular weight is 285 g/mol. The summed E-state index contributed by atoms with van der Waals surface area (Å²) >= 11 is 0. The van der Waals surface area contributed by atoms with E-state index in [0.29, 0.717) is 18.1 Å². The van der Waals surface area contributed by atoms with Gasteiger partial charge in [0.2, 0.25) is 11.6 Å². The molecule has 0 saturated heterocycles. The van der Waals surface area contributed by atoms with Gasteiger partial charge in [-0.2, -0.15) is 15.0 Å². The Balaban J connectivity index is 1.98. The minimum atomic E-state index is 0.499. The first-order valence-corrected chi connectivity index (χ1v) is 7.01. The van der Waals surface area contributed by atoms with Crippen LogP contribution in [0.25, 0.3) is 5.65 Å². The highest BCUT2D eigenvalue weighted by Crippen LogP contribution is 2.20. The van der Waals surface area contributed by atoms with Crippen LogP contribution in [0, 0.1) is 0 Å². The number of anilines is 1. The molecule has 21 heavy (non-hydrogen) atoms. The van der Waals surface area contributed by atoms with Crippen molar-refractivity contribution in [1.82, 2.24) is 19.3 Å². The molecule has 7 nitrogen and oxygen atoms in total. The lowest BCUT2D eigenvalue weighted by atomic mass is 10.4. The van der Waals surface area contributed by atoms with Crippen molar-refractivity contribution in [3.63, 3.8) is 0 Å². The maximum absolute atomic E-state index is 4.48. The molecule has 3 heterocycles. The van der Waals surface area contributed by atoms with Gasteiger partial charge in [-0.15, -0.1) is 0 Å². The third-order valence-electron chi connectivity index (χ3n) is 3.18. The van der Waals surface area contributed by atoms with E-state index >= 15 is 0 Å². The Morgan fingerprint density at radius 2 is 2.14 bits per heavy atom. The molecule has 0 bridgehead atoms. The fraction of sp³-hybridized carbons (Fsp3) is 0.429. The van der Waals surface area contributed by atoms with Gasteiger partial charge in [0.15, 0.2) is 0 Å². The van der Waals surface area contributed by atoms with Gasteiger partial charge in [-0.1, -0.05) is 6.07 Å². The van der Waals surface area contributed by atoms with Crippen molar-refractivity contribution in [3.8, 4) is 0 Å². The molecule has 2 aromatic rings. The number of pyridine rings is 1. The Morgan fingerprint density at radius 1 is 1.29 bits per heavy atom. The van der Waals surface area contributed by atoms with Crippen LogP contribution in [-0.2, 0) is 0 Å². The molecule has 0 radical (unpaired) electrons. The van der Waals surface area contributed by atoms with Crippen molar-refractivity contribution in [1.29, 1.82) is 0 Å². The summed E-state index contributed by atoms with van der Waals surface area (Å²) in [6, 6.07) is 5.88. The van der Waals surface area contributed by atoms with E-state index in [4.69, 9.17) is 0 Å². The van der Waals surface area contributed by atoms with Crippen LogP contribution in [0.2, 0.25) is 0 Å². The van der Waals surface area contributed by atoms with E-state index < -0.39 is 0 Å². The van der Waals surface area contributed by atoms with E-state index in [-0.39, 0.29) is 0 Å². The molecule has 3 rings (SSSR count). The van der Waals surface area contributed by atoms with Gasteiger partial charge in [-0.05, 0) is 46.1 Å². The number of aromatic nitrogens is 3. The number of nitrogens with zero attached hydrogens (tertiary/aromatic N) is 6. The summed E-state index contributed by atoms with van der Waals surface area (Å²) in [5, 5.41) is 3.21. The number of hydrogen-bond donors (Lipinski definition) is 1. The molecule has 0 saturated carbocycles. The molecule has 0 fully saturated rings. The van der Waals surface area contributed by atoms with Crippen molar-refractivity contribution < 1.29 is 0 Å². The van der Waals surface area contributed by atoms with Gasteiger partial charge in [0.25, 0.3) is 0 Å². The van der Waals surface area contributed by atoms with Crippen molar-refractivity contribution in [2.75, 3.05) is 32.5 Å². The Kier molecular flexibility index (Phi) is 3.66. The Labute approximate surface area is 123 Å². The van der Waals surface area contributed by atoms with Gasteiger partial charge < -0.3 is 10.2 Å². The van der Waals surface area contributed by atoms with Crippen LogP contribution in [0.4, 0.5) is 11.8 Å². The molecule has 110 valence electrons. The lowest BCUT2D eigenvalue weighted by Crippen LogP contribution is -2.22. The second-order valence-electron chi connectivity index (χ2n) is 5.29. The molecule has 0 atom stereocenters. The van der Waals surface area contributed by atoms with Crippen molar-refractivity contribution in [2.45, 2.75) is 13.3 Å². The highest BCUT2D eigenvalue weighted by Gasteiger charge is 2.12. The lowest BCUT2D eigenvalue weighted by Gasteiger charge is -2.16. The van der Waals surface area contributed by atoms with Crippen molar-refractivity contribution >= 4 is 23.2 Å². The maximum Gasteiger partial charge on any atom is 0.250 e. The van der Waals surface area contributed by atoms with Crippen molar-refractivity contribution in [2.24, 2.45) is 9.98 Å². The first-order chi connectivity index (χ1) is 10.1. The molecule has 0 unspecified atom stereocenters. The summed E-state index contributed by atoms with van der Waals surface area (Å²) < 4.78 is 1.89. The summed E-state index contributed by atoms with van der Waals surface area (Å²) in [7, 11) is 4.11. The van der Waals surface area contributed by atoms with E-state index in [1.165, 1.54) is 0 Å². The summed E-state index contributed by atoms with van der Waals surface area (Å²) in [6.07, 6.45) is 0.987. The zero-order chi connectivity index (χ0) is 14.8. The summed E-state index contributed by atoms with van der Waals surface area (Å²) in [4.78, 5) is 20.0. The lowest BCUT2D eigenvalue weighted by molar-refractivity contribution is 0.402. The summed E-state index contributed by atoms with van der Waals surface area (Å²) in [6.45, 7) is 3.64. The second kappa shape index (κ2) is 5.61. The molecular formula is C14H19N7. The number of amidine groups is 1. The summed E-state index contributed by atoms with van der Waals surface area (Å²) in [5.74, 6) is 2.37. The highest BCUT2D eigenvalue weighted by atomic mass is 15.3. The largest absolute Gasteiger partial charge is 0.330 e. The Bertz CT molecular complexity index is 757. The molecule has 0 amide bonds. The Hall–Kier alpha value is -2.28. The topological polar surface area (TPSA) is 70.2 Å². The van der Waals surface area contributed by atoms with E-state index in [9.17, 15) is 0 Å². The van der Waals surface area contributed by atoms with Crippen LogP contribution in [-0.4, -0.2) is 52.3 Å². The van der Waals surface area contributed by atoms with Crippen LogP contribution < -0.4 is 10.9 Å². The smallest absolute Gasteiger partial charge is 0.250 e. The number of aliphatic imine (C=N–C) groups is 1. The minimum absolute atomic E-state index is 0.499. The van der Waals surface area contributed by atoms with E-state index in [2.05, 4.69) is 44.3 Å². The van der Waals surface area contributed by atoms with E-state index in [0.717, 1.165) is 30.3 Å². The standard InChI is InChI=1S/C14H19N7/c1-10-16-11-6-4-7-12-18-13(15-8-5-9-20(2)3)19-14(17-10)21(11)12/h4,6-7H,5,8-9H2,1-3H3,(H,15,16,17,18,19). The molecule has 0 aliphatic carbocycles. The zero-order valence-corrected chi connectivity index (χ0v) is 12.5. The van der Waals surface area contributed by atoms with Crippen LogP contribution in [0.1, 0.15) is 13.3 Å². The van der Waals surface area contributed by atoms with E-state index in [1.807, 2.05) is 29.5 Å². The SMILES string of the molecule is CC1=Nc2nc(=NCCCN(C)C)nc3cccc(n23)N1. The summed E-state index contributed by atoms with van der Waals surface area (Å²) in [5.41, 5.74) is 1.30. The van der Waals surface area contributed by atoms with Crippen LogP contribution in [0.15, 0.2) is 28.2 Å². The van der Waals surface area contributed by atoms with E-state index in [1.54, 1.807) is 0 Å². The molecule has 1 aliphatic heterocycles. The van der Waals surface area contributed by atoms with Gasteiger partial charge >= 0.3 is 0 Å². The van der Waals surface area contributed by atoms with Crippen molar-refractivity contribution in [3.05, 3.63) is 23.8 Å². The van der Waals surface area contributed by atoms with Gasteiger partial charge in [0, 0.05) is 6.54 Å². The molecule has 1 N–H and O–H groups in total. The first-order valence-electron chi connectivity index (χ1n) is 7.01. The zero-order valence-electron chi connectivity index (χ0n) is 12.5. The van der Waals surface area contributed by atoms with Crippen LogP contribution in [0.3, 0.4) is 0 Å². The third kappa shape index (κ3) is 2.92. The molecule has 2 aromatic heterocycles. The molecule has 0 spiro atoms. The van der Waals surface area contributed by atoms with Gasteiger partial charge in [-0.25, -0.2) is 9.39 Å². The monoisotopic (exact) mass is 285 g/mol. The van der Waals surface area contributed by atoms with Gasteiger partial charge in [0.1, 0.15) is 17.3 Å².